The maximum absolute atomic E-state index is 11.9. The second-order valence-electron chi connectivity index (χ2n) is 5.70. The number of nitrogens with one attached hydrogen (secondary N) is 2. The minimum Gasteiger partial charge on any atom is -0.367 e. The van der Waals surface area contributed by atoms with Gasteiger partial charge in [-0.1, -0.05) is 30.3 Å². The summed E-state index contributed by atoms with van der Waals surface area (Å²) in [5, 5.41) is 5.51. The third kappa shape index (κ3) is 5.02. The van der Waals surface area contributed by atoms with Gasteiger partial charge in [0.1, 0.15) is 12.4 Å². The van der Waals surface area contributed by atoms with Crippen LogP contribution in [0.4, 0.5) is 11.5 Å². The summed E-state index contributed by atoms with van der Waals surface area (Å²) >= 11 is 0. The molecule has 0 radical (unpaired) electrons. The van der Waals surface area contributed by atoms with Crippen molar-refractivity contribution in [2.24, 2.45) is 0 Å². The van der Waals surface area contributed by atoms with Gasteiger partial charge in [-0.3, -0.25) is 9.59 Å². The van der Waals surface area contributed by atoms with Crippen molar-refractivity contribution < 1.29 is 14.3 Å². The van der Waals surface area contributed by atoms with Crippen LogP contribution in [0.1, 0.15) is 5.56 Å². The van der Waals surface area contributed by atoms with Gasteiger partial charge in [-0.15, -0.1) is 0 Å². The molecule has 3 rings (SSSR count). The molecule has 1 aliphatic rings. The maximum atomic E-state index is 11.9. The summed E-state index contributed by atoms with van der Waals surface area (Å²) in [5.41, 5.74) is 1.62. The normalized spacial score (nSPS) is 14.1. The number of hydrogen-bond donors (Lipinski definition) is 2. The standard InChI is InChI=1S/C18H20N4O3/c23-17-11-22(9-8-19-17)16-7-6-15(10-20-16)21-18(24)13-25-12-14-4-2-1-3-5-14/h1-7,10H,8-9,11-13H2,(H,19,23)(H,21,24). The Bertz CT molecular complexity index is 719. The Morgan fingerprint density at radius 2 is 2.08 bits per heavy atom. The van der Waals surface area contributed by atoms with Gasteiger partial charge in [-0.2, -0.15) is 0 Å². The number of benzene rings is 1. The van der Waals surface area contributed by atoms with Crippen molar-refractivity contribution in [1.82, 2.24) is 10.3 Å². The van der Waals surface area contributed by atoms with E-state index in [1.165, 1.54) is 0 Å². The number of hydrogen-bond acceptors (Lipinski definition) is 5. The third-order valence-corrected chi connectivity index (χ3v) is 3.74. The zero-order valence-corrected chi connectivity index (χ0v) is 13.8. The third-order valence-electron chi connectivity index (χ3n) is 3.74. The Morgan fingerprint density at radius 1 is 1.24 bits per heavy atom. The number of pyridine rings is 1. The number of carbonyl (C=O) groups is 2. The lowest BCUT2D eigenvalue weighted by molar-refractivity contribution is -0.121. The largest absolute Gasteiger partial charge is 0.367 e. The van der Waals surface area contributed by atoms with Crippen LogP contribution in [0, 0.1) is 0 Å². The van der Waals surface area contributed by atoms with Crippen molar-refractivity contribution in [3.8, 4) is 0 Å². The first-order valence-corrected chi connectivity index (χ1v) is 8.10. The number of amides is 2. The van der Waals surface area contributed by atoms with Crippen LogP contribution < -0.4 is 15.5 Å². The zero-order chi connectivity index (χ0) is 17.5. The summed E-state index contributed by atoms with van der Waals surface area (Å²) in [6, 6.07) is 13.2. The van der Waals surface area contributed by atoms with Gasteiger partial charge < -0.3 is 20.3 Å². The quantitative estimate of drug-likeness (QED) is 0.825. The number of carbonyl (C=O) groups excluding carboxylic acids is 2. The highest BCUT2D eigenvalue weighted by molar-refractivity contribution is 5.91. The Balaban J connectivity index is 1.46. The van der Waals surface area contributed by atoms with E-state index >= 15 is 0 Å². The Kier molecular flexibility index (Phi) is 5.58. The van der Waals surface area contributed by atoms with E-state index < -0.39 is 0 Å². The molecular formula is C18H20N4O3. The van der Waals surface area contributed by atoms with E-state index in [9.17, 15) is 9.59 Å². The van der Waals surface area contributed by atoms with Crippen LogP contribution in [0.2, 0.25) is 0 Å². The van der Waals surface area contributed by atoms with Crippen LogP contribution >= 0.6 is 0 Å². The maximum Gasteiger partial charge on any atom is 0.250 e. The van der Waals surface area contributed by atoms with Crippen LogP contribution in [0.15, 0.2) is 48.7 Å². The highest BCUT2D eigenvalue weighted by Gasteiger charge is 2.17. The second kappa shape index (κ2) is 8.25. The predicted molar refractivity (Wildman–Crippen MR) is 94.2 cm³/mol. The fourth-order valence-electron chi connectivity index (χ4n) is 2.51. The van der Waals surface area contributed by atoms with Gasteiger partial charge >= 0.3 is 0 Å². The zero-order valence-electron chi connectivity index (χ0n) is 13.8. The first-order chi connectivity index (χ1) is 12.2. The van der Waals surface area contributed by atoms with Crippen molar-refractivity contribution in [3.63, 3.8) is 0 Å². The highest BCUT2D eigenvalue weighted by Crippen LogP contribution is 2.14. The van der Waals surface area contributed by atoms with Crippen LogP contribution in [-0.2, 0) is 20.9 Å². The lowest BCUT2D eigenvalue weighted by atomic mass is 10.2. The first kappa shape index (κ1) is 16.9. The minimum atomic E-state index is -0.233. The molecule has 0 bridgehead atoms. The summed E-state index contributed by atoms with van der Waals surface area (Å²) in [4.78, 5) is 29.5. The monoisotopic (exact) mass is 340 g/mol. The van der Waals surface area contributed by atoms with Gasteiger partial charge in [-0.25, -0.2) is 4.98 Å². The fourth-order valence-corrected chi connectivity index (χ4v) is 2.51. The van der Waals surface area contributed by atoms with E-state index in [1.807, 2.05) is 35.2 Å². The van der Waals surface area contributed by atoms with Gasteiger partial charge in [0.15, 0.2) is 0 Å². The highest BCUT2D eigenvalue weighted by atomic mass is 16.5. The van der Waals surface area contributed by atoms with E-state index in [1.54, 1.807) is 18.3 Å². The Hall–Kier alpha value is -2.93. The van der Waals surface area contributed by atoms with E-state index in [2.05, 4.69) is 15.6 Å². The molecule has 0 saturated carbocycles. The molecule has 2 heterocycles. The summed E-state index contributed by atoms with van der Waals surface area (Å²) in [5.74, 6) is 0.469. The molecule has 2 N–H and O–H groups in total. The fraction of sp³-hybridized carbons (Fsp3) is 0.278. The molecule has 25 heavy (non-hydrogen) atoms. The molecule has 0 atom stereocenters. The lowest BCUT2D eigenvalue weighted by Gasteiger charge is -2.27. The molecule has 1 aromatic carbocycles. The van der Waals surface area contributed by atoms with Crippen molar-refractivity contribution in [2.45, 2.75) is 6.61 Å². The molecule has 7 heteroatoms. The SMILES string of the molecule is O=C1CN(c2ccc(NC(=O)COCc3ccccc3)cn2)CCN1. The van der Waals surface area contributed by atoms with Gasteiger partial charge in [-0.05, 0) is 17.7 Å². The van der Waals surface area contributed by atoms with Gasteiger partial charge in [0.2, 0.25) is 11.8 Å². The predicted octanol–water partition coefficient (Wildman–Crippen LogP) is 1.17. The number of rotatable bonds is 6. The average molecular weight is 340 g/mol. The number of aromatic nitrogens is 1. The molecule has 0 spiro atoms. The topological polar surface area (TPSA) is 83.6 Å². The second-order valence-corrected chi connectivity index (χ2v) is 5.70. The molecule has 1 aliphatic heterocycles. The molecule has 2 amide bonds. The minimum absolute atomic E-state index is 0.0130. The summed E-state index contributed by atoms with van der Waals surface area (Å²) in [6.07, 6.45) is 1.58. The number of anilines is 2. The van der Waals surface area contributed by atoms with Crippen LogP contribution in [0.5, 0.6) is 0 Å². The van der Waals surface area contributed by atoms with Crippen molar-refractivity contribution >= 4 is 23.3 Å². The number of nitrogens with zero attached hydrogens (tertiary/aromatic N) is 2. The molecule has 7 nitrogen and oxygen atoms in total. The van der Waals surface area contributed by atoms with Crippen molar-refractivity contribution in [1.29, 1.82) is 0 Å². The van der Waals surface area contributed by atoms with Gasteiger partial charge in [0.05, 0.1) is 25.0 Å². The number of ether oxygens (including phenoxy) is 1. The molecule has 0 unspecified atom stereocenters. The van der Waals surface area contributed by atoms with E-state index in [-0.39, 0.29) is 18.4 Å². The van der Waals surface area contributed by atoms with Gasteiger partial charge in [0, 0.05) is 13.1 Å². The Labute approximate surface area is 146 Å². The van der Waals surface area contributed by atoms with Crippen LogP contribution in [0.3, 0.4) is 0 Å². The summed E-state index contributed by atoms with van der Waals surface area (Å²) < 4.78 is 5.40. The van der Waals surface area contributed by atoms with E-state index in [0.29, 0.717) is 31.2 Å². The van der Waals surface area contributed by atoms with Crippen LogP contribution in [0.25, 0.3) is 0 Å². The van der Waals surface area contributed by atoms with Crippen LogP contribution in [-0.4, -0.2) is 43.0 Å². The molecule has 2 aromatic rings. The summed E-state index contributed by atoms with van der Waals surface area (Å²) in [7, 11) is 0. The smallest absolute Gasteiger partial charge is 0.250 e. The van der Waals surface area contributed by atoms with Gasteiger partial charge in [0.25, 0.3) is 0 Å². The van der Waals surface area contributed by atoms with Crippen molar-refractivity contribution in [2.75, 3.05) is 36.5 Å². The molecule has 130 valence electrons. The van der Waals surface area contributed by atoms with E-state index in [0.717, 1.165) is 12.1 Å². The lowest BCUT2D eigenvalue weighted by Crippen LogP contribution is -2.48. The Morgan fingerprint density at radius 3 is 2.80 bits per heavy atom. The molecule has 1 fully saturated rings. The average Bonchev–Trinajstić information content (AvgIpc) is 2.63. The molecule has 1 saturated heterocycles. The first-order valence-electron chi connectivity index (χ1n) is 8.10. The molecule has 1 aromatic heterocycles. The van der Waals surface area contributed by atoms with E-state index in [4.69, 9.17) is 4.74 Å². The summed E-state index contributed by atoms with van der Waals surface area (Å²) in [6.45, 7) is 1.99. The number of piperazine rings is 1. The molecular weight excluding hydrogens is 320 g/mol. The van der Waals surface area contributed by atoms with Crippen molar-refractivity contribution in [3.05, 3.63) is 54.2 Å². The molecule has 0 aliphatic carbocycles.